The van der Waals surface area contributed by atoms with E-state index in [4.69, 9.17) is 5.73 Å². The molecule has 1 unspecified atom stereocenters. The van der Waals surface area contributed by atoms with Gasteiger partial charge in [0.05, 0.1) is 0 Å². The number of halogens is 1. The second-order valence-electron chi connectivity index (χ2n) is 4.13. The zero-order valence-electron chi connectivity index (χ0n) is 8.83. The number of rotatable bonds is 2. The number of benzene rings is 1. The number of nitrogens with two attached hydrogens (primary N) is 1. The Balaban J connectivity index is 2.04. The lowest BCUT2D eigenvalue weighted by atomic mass is 10.2. The van der Waals surface area contributed by atoms with Crippen molar-refractivity contribution in [1.82, 2.24) is 4.90 Å². The molecule has 3 N–H and O–H groups in total. The van der Waals surface area contributed by atoms with Gasteiger partial charge in [-0.2, -0.15) is 0 Å². The number of nitrogens with zero attached hydrogens (tertiary/aromatic N) is 1. The van der Waals surface area contributed by atoms with Gasteiger partial charge in [0.15, 0.2) is 0 Å². The minimum Gasteiger partial charge on any atom is -0.399 e. The van der Waals surface area contributed by atoms with E-state index in [2.05, 4.69) is 33.2 Å². The summed E-state index contributed by atoms with van der Waals surface area (Å²) in [5.74, 6) is 0. The first-order valence-corrected chi connectivity index (χ1v) is 5.94. The van der Waals surface area contributed by atoms with Gasteiger partial charge in [0.1, 0.15) is 0 Å². The van der Waals surface area contributed by atoms with E-state index < -0.39 is 0 Å². The second-order valence-corrected chi connectivity index (χ2v) is 4.99. The summed E-state index contributed by atoms with van der Waals surface area (Å²) >= 11 is 3.51. The molecule has 15 heavy (non-hydrogen) atoms. The minimum atomic E-state index is 0.551. The van der Waals surface area contributed by atoms with Crippen LogP contribution in [0.4, 0.5) is 11.4 Å². The SMILES string of the molecule is CN1CCC(Nc2ccc(N)cc2Br)C1. The highest BCUT2D eigenvalue weighted by Crippen LogP contribution is 2.26. The van der Waals surface area contributed by atoms with Crippen LogP contribution in [-0.4, -0.2) is 31.1 Å². The van der Waals surface area contributed by atoms with Crippen molar-refractivity contribution in [1.29, 1.82) is 0 Å². The minimum absolute atomic E-state index is 0.551. The molecule has 1 aromatic carbocycles. The highest BCUT2D eigenvalue weighted by Gasteiger charge is 2.19. The molecular weight excluding hydrogens is 254 g/mol. The summed E-state index contributed by atoms with van der Waals surface area (Å²) in [6.45, 7) is 2.28. The van der Waals surface area contributed by atoms with Gasteiger partial charge in [0.25, 0.3) is 0 Å². The maximum atomic E-state index is 5.69. The molecule has 1 heterocycles. The average molecular weight is 270 g/mol. The molecule has 82 valence electrons. The van der Waals surface area contributed by atoms with E-state index in [1.165, 1.54) is 13.0 Å². The topological polar surface area (TPSA) is 41.3 Å². The van der Waals surface area contributed by atoms with Gasteiger partial charge in [-0.3, -0.25) is 0 Å². The lowest BCUT2D eigenvalue weighted by Crippen LogP contribution is -2.23. The Morgan fingerprint density at radius 3 is 2.93 bits per heavy atom. The Hall–Kier alpha value is -0.740. The molecule has 0 aromatic heterocycles. The number of anilines is 2. The lowest BCUT2D eigenvalue weighted by molar-refractivity contribution is 0.414. The fourth-order valence-electron chi connectivity index (χ4n) is 1.92. The molecule has 4 heteroatoms. The van der Waals surface area contributed by atoms with Crippen molar-refractivity contribution < 1.29 is 0 Å². The van der Waals surface area contributed by atoms with Crippen molar-refractivity contribution in [2.24, 2.45) is 0 Å². The van der Waals surface area contributed by atoms with Crippen molar-refractivity contribution >= 4 is 27.3 Å². The third kappa shape index (κ3) is 2.63. The number of likely N-dealkylation sites (tertiary alicyclic amines) is 1. The number of hydrogen-bond acceptors (Lipinski definition) is 3. The standard InChI is InChI=1S/C11H16BrN3/c1-15-5-4-9(7-15)14-11-3-2-8(13)6-10(11)12/h2-3,6,9,14H,4-5,7,13H2,1H3. The van der Waals surface area contributed by atoms with E-state index >= 15 is 0 Å². The van der Waals surface area contributed by atoms with Gasteiger partial charge in [0, 0.05) is 28.4 Å². The van der Waals surface area contributed by atoms with Crippen LogP contribution in [0, 0.1) is 0 Å². The van der Waals surface area contributed by atoms with Crippen LogP contribution in [0.15, 0.2) is 22.7 Å². The highest BCUT2D eigenvalue weighted by molar-refractivity contribution is 9.10. The van der Waals surface area contributed by atoms with Crippen LogP contribution in [0.25, 0.3) is 0 Å². The van der Waals surface area contributed by atoms with Crippen LogP contribution in [-0.2, 0) is 0 Å². The van der Waals surface area contributed by atoms with E-state index in [0.29, 0.717) is 6.04 Å². The first-order valence-electron chi connectivity index (χ1n) is 5.15. The summed E-state index contributed by atoms with van der Waals surface area (Å²) in [5, 5.41) is 3.52. The van der Waals surface area contributed by atoms with Gasteiger partial charge in [-0.05, 0) is 54.1 Å². The fourth-order valence-corrected chi connectivity index (χ4v) is 2.43. The maximum Gasteiger partial charge on any atom is 0.0488 e. The van der Waals surface area contributed by atoms with Crippen molar-refractivity contribution in [2.75, 3.05) is 31.2 Å². The predicted molar refractivity (Wildman–Crippen MR) is 68.1 cm³/mol. The van der Waals surface area contributed by atoms with Crippen LogP contribution in [0.2, 0.25) is 0 Å². The molecule has 1 atom stereocenters. The largest absolute Gasteiger partial charge is 0.399 e. The summed E-state index contributed by atoms with van der Waals surface area (Å²) in [5.41, 5.74) is 7.61. The molecule has 1 saturated heterocycles. The van der Waals surface area contributed by atoms with Crippen LogP contribution >= 0.6 is 15.9 Å². The maximum absolute atomic E-state index is 5.69. The number of nitrogen functional groups attached to an aromatic ring is 1. The summed E-state index contributed by atoms with van der Waals surface area (Å²) < 4.78 is 1.04. The zero-order chi connectivity index (χ0) is 10.8. The van der Waals surface area contributed by atoms with E-state index in [0.717, 1.165) is 22.4 Å². The van der Waals surface area contributed by atoms with Crippen molar-refractivity contribution in [3.8, 4) is 0 Å². The summed E-state index contributed by atoms with van der Waals surface area (Å²) in [6, 6.07) is 6.43. The molecule has 0 bridgehead atoms. The van der Waals surface area contributed by atoms with Crippen molar-refractivity contribution in [2.45, 2.75) is 12.5 Å². The highest BCUT2D eigenvalue weighted by atomic mass is 79.9. The number of likely N-dealkylation sites (N-methyl/N-ethyl adjacent to an activating group) is 1. The molecule has 0 amide bonds. The van der Waals surface area contributed by atoms with Gasteiger partial charge in [-0.1, -0.05) is 0 Å². The zero-order valence-corrected chi connectivity index (χ0v) is 10.4. The van der Waals surface area contributed by atoms with Crippen LogP contribution in [0.5, 0.6) is 0 Å². The molecule has 0 aliphatic carbocycles. The third-order valence-corrected chi connectivity index (χ3v) is 3.40. The molecule has 0 radical (unpaired) electrons. The Bertz CT molecular complexity index is 354. The summed E-state index contributed by atoms with van der Waals surface area (Å²) in [7, 11) is 2.15. The lowest BCUT2D eigenvalue weighted by Gasteiger charge is -2.15. The molecular formula is C11H16BrN3. The predicted octanol–water partition coefficient (Wildman–Crippen LogP) is 2.15. The van der Waals surface area contributed by atoms with Gasteiger partial charge in [-0.15, -0.1) is 0 Å². The first kappa shape index (κ1) is 10.8. The van der Waals surface area contributed by atoms with Crippen LogP contribution in [0.3, 0.4) is 0 Å². The second kappa shape index (κ2) is 4.41. The molecule has 2 rings (SSSR count). The third-order valence-electron chi connectivity index (χ3n) is 2.74. The van der Waals surface area contributed by atoms with Crippen LogP contribution in [0.1, 0.15) is 6.42 Å². The Morgan fingerprint density at radius 2 is 2.33 bits per heavy atom. The summed E-state index contributed by atoms with van der Waals surface area (Å²) in [6.07, 6.45) is 1.20. The quantitative estimate of drug-likeness (QED) is 0.809. The summed E-state index contributed by atoms with van der Waals surface area (Å²) in [4.78, 5) is 2.34. The number of hydrogen-bond donors (Lipinski definition) is 2. The molecule has 1 aliphatic heterocycles. The molecule has 0 spiro atoms. The smallest absolute Gasteiger partial charge is 0.0488 e. The fraction of sp³-hybridized carbons (Fsp3) is 0.455. The Morgan fingerprint density at radius 1 is 1.53 bits per heavy atom. The van der Waals surface area contributed by atoms with E-state index in [9.17, 15) is 0 Å². The molecule has 1 fully saturated rings. The van der Waals surface area contributed by atoms with Gasteiger partial charge < -0.3 is 16.0 Å². The van der Waals surface area contributed by atoms with E-state index in [1.54, 1.807) is 0 Å². The van der Waals surface area contributed by atoms with Crippen molar-refractivity contribution in [3.63, 3.8) is 0 Å². The molecule has 1 aliphatic rings. The van der Waals surface area contributed by atoms with Crippen molar-refractivity contribution in [3.05, 3.63) is 22.7 Å². The molecule has 1 aromatic rings. The number of nitrogens with one attached hydrogen (secondary N) is 1. The van der Waals surface area contributed by atoms with Gasteiger partial charge >= 0.3 is 0 Å². The monoisotopic (exact) mass is 269 g/mol. The average Bonchev–Trinajstić information content (AvgIpc) is 2.56. The molecule has 0 saturated carbocycles. The normalized spacial score (nSPS) is 21.9. The van der Waals surface area contributed by atoms with E-state index in [1.807, 2.05) is 18.2 Å². The molecule has 3 nitrogen and oxygen atoms in total. The Labute approximate surface area is 98.8 Å². The van der Waals surface area contributed by atoms with Gasteiger partial charge in [0.2, 0.25) is 0 Å². The van der Waals surface area contributed by atoms with E-state index in [-0.39, 0.29) is 0 Å². The first-order chi connectivity index (χ1) is 7.15. The Kier molecular flexibility index (Phi) is 3.17. The van der Waals surface area contributed by atoms with Gasteiger partial charge in [-0.25, -0.2) is 0 Å². The van der Waals surface area contributed by atoms with Crippen LogP contribution < -0.4 is 11.1 Å².